The van der Waals surface area contributed by atoms with Gasteiger partial charge in [-0.2, -0.15) is 0 Å². The molecule has 0 amide bonds. The van der Waals surface area contributed by atoms with Crippen molar-refractivity contribution in [2.24, 2.45) is 5.41 Å². The summed E-state index contributed by atoms with van der Waals surface area (Å²) in [6.45, 7) is 5.83. The van der Waals surface area contributed by atoms with E-state index in [-0.39, 0.29) is 0 Å². The second kappa shape index (κ2) is 6.42. The molecule has 1 saturated carbocycles. The molecule has 2 nitrogen and oxygen atoms in total. The summed E-state index contributed by atoms with van der Waals surface area (Å²) in [7, 11) is 1.75. The molecule has 0 aromatic heterocycles. The van der Waals surface area contributed by atoms with Gasteiger partial charge in [0.15, 0.2) is 0 Å². The average Bonchev–Trinajstić information content (AvgIpc) is 2.41. The summed E-state index contributed by atoms with van der Waals surface area (Å²) in [5.41, 5.74) is 1.74. The van der Waals surface area contributed by atoms with E-state index in [1.807, 2.05) is 12.1 Å². The van der Waals surface area contributed by atoms with Crippen LogP contribution in [0, 0.1) is 5.41 Å². The van der Waals surface area contributed by atoms with E-state index < -0.39 is 0 Å². The smallest absolute Gasteiger partial charge is 0.122 e. The molecule has 1 fully saturated rings. The van der Waals surface area contributed by atoms with Crippen molar-refractivity contribution < 1.29 is 4.74 Å². The first kappa shape index (κ1) is 14.4. The molecule has 0 spiro atoms. The van der Waals surface area contributed by atoms with Crippen LogP contribution in [0.1, 0.15) is 45.1 Å². The van der Waals surface area contributed by atoms with Crippen molar-refractivity contribution >= 4 is 0 Å². The molecule has 0 aliphatic heterocycles. The lowest BCUT2D eigenvalue weighted by Crippen LogP contribution is -2.44. The van der Waals surface area contributed by atoms with Gasteiger partial charge in [-0.3, -0.25) is 0 Å². The van der Waals surface area contributed by atoms with Gasteiger partial charge in [-0.1, -0.05) is 44.9 Å². The molecule has 1 aliphatic rings. The van der Waals surface area contributed by atoms with Crippen LogP contribution in [0.15, 0.2) is 24.3 Å². The zero-order valence-corrected chi connectivity index (χ0v) is 12.5. The van der Waals surface area contributed by atoms with Gasteiger partial charge in [0.2, 0.25) is 0 Å². The summed E-state index contributed by atoms with van der Waals surface area (Å²) in [5.74, 6) is 1.01. The molecule has 2 rings (SSSR count). The first-order valence-corrected chi connectivity index (χ1v) is 7.49. The highest BCUT2D eigenvalue weighted by Crippen LogP contribution is 2.35. The SMILES string of the molecule is COc1ccccc1CCNC1CCCCC1(C)C. The molecule has 0 saturated heterocycles. The van der Waals surface area contributed by atoms with E-state index in [2.05, 4.69) is 31.3 Å². The Kier molecular flexibility index (Phi) is 4.87. The van der Waals surface area contributed by atoms with E-state index in [1.54, 1.807) is 7.11 Å². The topological polar surface area (TPSA) is 21.3 Å². The number of benzene rings is 1. The summed E-state index contributed by atoms with van der Waals surface area (Å²) in [4.78, 5) is 0. The highest BCUT2D eigenvalue weighted by molar-refractivity contribution is 5.33. The predicted octanol–water partition coefficient (Wildman–Crippen LogP) is 3.80. The second-order valence-electron chi connectivity index (χ2n) is 6.30. The number of hydrogen-bond donors (Lipinski definition) is 1. The van der Waals surface area contributed by atoms with Crippen LogP contribution in [0.25, 0.3) is 0 Å². The number of ether oxygens (including phenoxy) is 1. The predicted molar refractivity (Wildman–Crippen MR) is 80.7 cm³/mol. The van der Waals surface area contributed by atoms with Crippen molar-refractivity contribution in [3.63, 3.8) is 0 Å². The third-order valence-corrected chi connectivity index (χ3v) is 4.48. The fourth-order valence-electron chi connectivity index (χ4n) is 3.16. The summed E-state index contributed by atoms with van der Waals surface area (Å²) in [6.07, 6.45) is 6.46. The molecule has 1 aromatic rings. The van der Waals surface area contributed by atoms with E-state index in [0.29, 0.717) is 11.5 Å². The molecule has 1 N–H and O–H groups in total. The summed E-state index contributed by atoms with van der Waals surface area (Å²) < 4.78 is 5.40. The first-order valence-electron chi connectivity index (χ1n) is 7.49. The van der Waals surface area contributed by atoms with Gasteiger partial charge in [-0.15, -0.1) is 0 Å². The minimum absolute atomic E-state index is 0.443. The maximum Gasteiger partial charge on any atom is 0.122 e. The summed E-state index contributed by atoms with van der Waals surface area (Å²) >= 11 is 0. The fraction of sp³-hybridized carbons (Fsp3) is 0.647. The Hall–Kier alpha value is -1.02. The second-order valence-corrected chi connectivity index (χ2v) is 6.30. The Morgan fingerprint density at radius 3 is 2.79 bits per heavy atom. The summed E-state index contributed by atoms with van der Waals surface area (Å²) in [5, 5.41) is 3.76. The maximum absolute atomic E-state index is 5.40. The van der Waals surface area contributed by atoms with Gasteiger partial charge < -0.3 is 10.1 Å². The van der Waals surface area contributed by atoms with Gasteiger partial charge in [0.1, 0.15) is 5.75 Å². The number of rotatable bonds is 5. The molecule has 2 heteroatoms. The molecule has 1 unspecified atom stereocenters. The number of nitrogens with one attached hydrogen (secondary N) is 1. The molecule has 1 aliphatic carbocycles. The van der Waals surface area contributed by atoms with Crippen molar-refractivity contribution in [2.75, 3.05) is 13.7 Å². The number of para-hydroxylation sites is 1. The Morgan fingerprint density at radius 1 is 1.26 bits per heavy atom. The number of methoxy groups -OCH3 is 1. The van der Waals surface area contributed by atoms with Gasteiger partial charge in [0.25, 0.3) is 0 Å². The molecule has 1 aromatic carbocycles. The van der Waals surface area contributed by atoms with Crippen LogP contribution in [-0.2, 0) is 6.42 Å². The van der Waals surface area contributed by atoms with E-state index in [1.165, 1.54) is 31.2 Å². The quantitative estimate of drug-likeness (QED) is 0.870. The molecule has 19 heavy (non-hydrogen) atoms. The highest BCUT2D eigenvalue weighted by Gasteiger charge is 2.31. The van der Waals surface area contributed by atoms with Gasteiger partial charge in [0.05, 0.1) is 7.11 Å². The van der Waals surface area contributed by atoms with Crippen LogP contribution >= 0.6 is 0 Å². The Balaban J connectivity index is 1.86. The van der Waals surface area contributed by atoms with E-state index in [0.717, 1.165) is 18.7 Å². The Labute approximate surface area is 117 Å². The highest BCUT2D eigenvalue weighted by atomic mass is 16.5. The number of hydrogen-bond acceptors (Lipinski definition) is 2. The van der Waals surface area contributed by atoms with E-state index in [4.69, 9.17) is 4.74 Å². The van der Waals surface area contributed by atoms with E-state index in [9.17, 15) is 0 Å². The van der Waals surface area contributed by atoms with Crippen LogP contribution < -0.4 is 10.1 Å². The van der Waals surface area contributed by atoms with Crippen molar-refractivity contribution in [3.8, 4) is 5.75 Å². The fourth-order valence-corrected chi connectivity index (χ4v) is 3.16. The molecule has 0 bridgehead atoms. The van der Waals surface area contributed by atoms with Crippen molar-refractivity contribution in [1.29, 1.82) is 0 Å². The lowest BCUT2D eigenvalue weighted by atomic mass is 9.73. The van der Waals surface area contributed by atoms with Crippen molar-refractivity contribution in [2.45, 2.75) is 52.0 Å². The lowest BCUT2D eigenvalue weighted by Gasteiger charge is -2.39. The Morgan fingerprint density at radius 2 is 2.05 bits per heavy atom. The lowest BCUT2D eigenvalue weighted by molar-refractivity contribution is 0.169. The largest absolute Gasteiger partial charge is 0.496 e. The van der Waals surface area contributed by atoms with Crippen molar-refractivity contribution in [1.82, 2.24) is 5.32 Å². The maximum atomic E-state index is 5.40. The van der Waals surface area contributed by atoms with Crippen LogP contribution in [0.3, 0.4) is 0 Å². The average molecular weight is 261 g/mol. The van der Waals surface area contributed by atoms with Crippen LogP contribution in [-0.4, -0.2) is 19.7 Å². The van der Waals surface area contributed by atoms with Gasteiger partial charge in [0, 0.05) is 6.04 Å². The molecule has 106 valence electrons. The van der Waals surface area contributed by atoms with Crippen LogP contribution in [0.4, 0.5) is 0 Å². The third kappa shape index (κ3) is 3.73. The van der Waals surface area contributed by atoms with Gasteiger partial charge >= 0.3 is 0 Å². The summed E-state index contributed by atoms with van der Waals surface area (Å²) in [6, 6.07) is 8.98. The van der Waals surface area contributed by atoms with E-state index >= 15 is 0 Å². The monoisotopic (exact) mass is 261 g/mol. The molecule has 1 atom stereocenters. The molecular weight excluding hydrogens is 234 g/mol. The van der Waals surface area contributed by atoms with Crippen LogP contribution in [0.5, 0.6) is 5.75 Å². The van der Waals surface area contributed by atoms with Gasteiger partial charge in [-0.25, -0.2) is 0 Å². The third-order valence-electron chi connectivity index (χ3n) is 4.48. The van der Waals surface area contributed by atoms with Crippen LogP contribution in [0.2, 0.25) is 0 Å². The minimum atomic E-state index is 0.443. The van der Waals surface area contributed by atoms with Gasteiger partial charge in [-0.05, 0) is 42.9 Å². The first-order chi connectivity index (χ1) is 9.13. The molecule has 0 heterocycles. The zero-order chi connectivity index (χ0) is 13.7. The zero-order valence-electron chi connectivity index (χ0n) is 12.5. The standard InChI is InChI=1S/C17H27NO/c1-17(2)12-7-6-10-16(17)18-13-11-14-8-4-5-9-15(14)19-3/h4-5,8-9,16,18H,6-7,10-13H2,1-3H3. The Bertz CT molecular complexity index is 400. The molecular formula is C17H27NO. The molecule has 0 radical (unpaired) electrons. The normalized spacial score (nSPS) is 22.2. The minimum Gasteiger partial charge on any atom is -0.496 e. The van der Waals surface area contributed by atoms with Crippen molar-refractivity contribution in [3.05, 3.63) is 29.8 Å².